The van der Waals surface area contributed by atoms with Crippen LogP contribution in [0.4, 0.5) is 0 Å². The number of carbonyl (C=O) groups is 1. The second-order valence-electron chi connectivity index (χ2n) is 8.19. The summed E-state index contributed by atoms with van der Waals surface area (Å²) < 4.78 is 22.8. The molecule has 0 amide bonds. The molecule has 3 aromatic rings. The number of aromatic carboxylic acids is 1. The van der Waals surface area contributed by atoms with Gasteiger partial charge in [-0.05, 0) is 35.9 Å². The van der Waals surface area contributed by atoms with Gasteiger partial charge in [-0.2, -0.15) is 5.10 Å². The summed E-state index contributed by atoms with van der Waals surface area (Å²) in [6, 6.07) is 14.0. The fraction of sp³-hybridized carbons (Fsp3) is 0.231. The normalized spacial score (nSPS) is 18.0. The van der Waals surface area contributed by atoms with Crippen molar-refractivity contribution in [1.82, 2.24) is 5.01 Å². The molecule has 0 aromatic heterocycles. The molecule has 5 rings (SSSR count). The molecule has 1 N–H and O–H groups in total. The first kappa shape index (κ1) is 24.1. The Morgan fingerprint density at radius 1 is 1.00 bits per heavy atom. The molecule has 2 aliphatic heterocycles. The maximum absolute atomic E-state index is 12.4. The van der Waals surface area contributed by atoms with Crippen LogP contribution in [0.1, 0.15) is 45.7 Å². The number of carboxylic acids is 1. The molecular weight excluding hydrogens is 507 g/mol. The number of carboxylic acid groups (broad SMARTS) is 1. The minimum Gasteiger partial charge on any atom is -0.493 e. The third kappa shape index (κ3) is 3.86. The van der Waals surface area contributed by atoms with Crippen molar-refractivity contribution in [1.29, 1.82) is 0 Å². The highest BCUT2D eigenvalue weighted by molar-refractivity contribution is 6.42. The fourth-order valence-electron chi connectivity index (χ4n) is 4.67. The Hall–Kier alpha value is -3.62. The molecule has 0 spiro atoms. The van der Waals surface area contributed by atoms with E-state index in [9.17, 15) is 9.90 Å². The molecule has 0 fully saturated rings. The standard InChI is InChI=1S/C26H22Cl2N2O6/c1-33-20-6-4-5-14-19-12-18(13-7-9-16(27)17(28)11-13)29-30(19)25(36-23(14)20)15-8-10-21(34-2)24(35-3)22(15)26(31)32/h4-11,19,25H,12H2,1-3H3,(H,31,32)/t19-,25-/m1/s1. The van der Waals surface area contributed by atoms with Crippen molar-refractivity contribution in [2.45, 2.75) is 18.7 Å². The number of hydrogen-bond donors (Lipinski definition) is 1. The lowest BCUT2D eigenvalue weighted by Gasteiger charge is -2.39. The molecular formula is C26H22Cl2N2O6. The number of nitrogens with zero attached hydrogens (tertiary/aromatic N) is 2. The largest absolute Gasteiger partial charge is 0.493 e. The topological polar surface area (TPSA) is 89.8 Å². The van der Waals surface area contributed by atoms with Crippen LogP contribution in [0.15, 0.2) is 53.6 Å². The van der Waals surface area contributed by atoms with Crippen LogP contribution in [0, 0.1) is 0 Å². The lowest BCUT2D eigenvalue weighted by Crippen LogP contribution is -2.35. The highest BCUT2D eigenvalue weighted by Gasteiger charge is 2.44. The van der Waals surface area contributed by atoms with Crippen molar-refractivity contribution in [2.24, 2.45) is 5.10 Å². The zero-order chi connectivity index (χ0) is 25.6. The number of methoxy groups -OCH3 is 3. The van der Waals surface area contributed by atoms with Crippen LogP contribution in [0.3, 0.4) is 0 Å². The number of benzene rings is 3. The van der Waals surface area contributed by atoms with Gasteiger partial charge in [-0.25, -0.2) is 9.80 Å². The van der Waals surface area contributed by atoms with Gasteiger partial charge in [-0.3, -0.25) is 0 Å². The van der Waals surface area contributed by atoms with Crippen molar-refractivity contribution in [3.8, 4) is 23.0 Å². The van der Waals surface area contributed by atoms with Gasteiger partial charge >= 0.3 is 5.97 Å². The second kappa shape index (κ2) is 9.44. The van der Waals surface area contributed by atoms with E-state index in [1.807, 2.05) is 18.2 Å². The summed E-state index contributed by atoms with van der Waals surface area (Å²) in [5.74, 6) is 0.284. The predicted octanol–water partition coefficient (Wildman–Crippen LogP) is 5.96. The van der Waals surface area contributed by atoms with Crippen molar-refractivity contribution in [3.63, 3.8) is 0 Å². The van der Waals surface area contributed by atoms with Crippen LogP contribution in [0.2, 0.25) is 10.0 Å². The zero-order valence-corrected chi connectivity index (χ0v) is 21.1. The van der Waals surface area contributed by atoms with E-state index in [1.165, 1.54) is 14.2 Å². The molecule has 10 heteroatoms. The average molecular weight is 529 g/mol. The molecule has 0 aliphatic carbocycles. The number of ether oxygens (including phenoxy) is 4. The summed E-state index contributed by atoms with van der Waals surface area (Å²) in [6.07, 6.45) is -0.349. The first-order chi connectivity index (χ1) is 17.4. The number of fused-ring (bicyclic) bond motifs is 3. The summed E-state index contributed by atoms with van der Waals surface area (Å²) in [5.41, 5.74) is 2.74. The van der Waals surface area contributed by atoms with Gasteiger partial charge in [0, 0.05) is 17.5 Å². The average Bonchev–Trinajstić information content (AvgIpc) is 3.34. The van der Waals surface area contributed by atoms with E-state index < -0.39 is 12.2 Å². The van der Waals surface area contributed by atoms with Crippen molar-refractivity contribution < 1.29 is 28.8 Å². The van der Waals surface area contributed by atoms with Gasteiger partial charge in [0.15, 0.2) is 23.0 Å². The first-order valence-corrected chi connectivity index (χ1v) is 11.8. The SMILES string of the molecule is COc1cccc2c1O[C@H](c1ccc(OC)c(OC)c1C(=O)O)N1N=C(c3ccc(Cl)c(Cl)c3)C[C@H]21. The Morgan fingerprint density at radius 3 is 2.44 bits per heavy atom. The first-order valence-electron chi connectivity index (χ1n) is 11.0. The van der Waals surface area contributed by atoms with Crippen LogP contribution in [-0.4, -0.2) is 43.1 Å². The molecule has 0 bridgehead atoms. The number of rotatable bonds is 6. The smallest absolute Gasteiger partial charge is 0.340 e. The number of halogens is 2. The summed E-state index contributed by atoms with van der Waals surface area (Å²) >= 11 is 12.4. The molecule has 0 saturated heterocycles. The lowest BCUT2D eigenvalue weighted by molar-refractivity contribution is -0.0217. The van der Waals surface area contributed by atoms with E-state index in [0.717, 1.165) is 16.8 Å². The minimum atomic E-state index is -1.18. The van der Waals surface area contributed by atoms with Gasteiger partial charge in [0.2, 0.25) is 6.23 Å². The molecule has 0 saturated carbocycles. The number of hydrazone groups is 1. The molecule has 2 heterocycles. The van der Waals surface area contributed by atoms with Gasteiger partial charge in [0.05, 0.1) is 43.1 Å². The third-order valence-electron chi connectivity index (χ3n) is 6.31. The number of para-hydroxylation sites is 1. The van der Waals surface area contributed by atoms with E-state index >= 15 is 0 Å². The zero-order valence-electron chi connectivity index (χ0n) is 19.6. The van der Waals surface area contributed by atoms with Crippen molar-refractivity contribution >= 4 is 34.9 Å². The predicted molar refractivity (Wildman–Crippen MR) is 135 cm³/mol. The highest BCUT2D eigenvalue weighted by atomic mass is 35.5. The van der Waals surface area contributed by atoms with E-state index in [0.29, 0.717) is 39.3 Å². The molecule has 3 aromatic carbocycles. The summed E-state index contributed by atoms with van der Waals surface area (Å²) in [7, 11) is 4.41. The van der Waals surface area contributed by atoms with Gasteiger partial charge in [0.1, 0.15) is 5.56 Å². The lowest BCUT2D eigenvalue weighted by atomic mass is 9.94. The van der Waals surface area contributed by atoms with Crippen molar-refractivity contribution in [3.05, 3.63) is 80.8 Å². The Morgan fingerprint density at radius 2 is 1.78 bits per heavy atom. The third-order valence-corrected chi connectivity index (χ3v) is 7.05. The minimum absolute atomic E-state index is 0.0721. The maximum Gasteiger partial charge on any atom is 0.340 e. The quantitative estimate of drug-likeness (QED) is 0.422. The van der Waals surface area contributed by atoms with E-state index in [1.54, 1.807) is 42.5 Å². The number of hydrogen-bond acceptors (Lipinski definition) is 7. The van der Waals surface area contributed by atoms with E-state index in [2.05, 4.69) is 0 Å². The Kier molecular flexibility index (Phi) is 6.32. The summed E-state index contributed by atoms with van der Waals surface area (Å²) in [4.78, 5) is 12.4. The Balaban J connectivity index is 1.70. The van der Waals surface area contributed by atoms with Crippen LogP contribution >= 0.6 is 23.2 Å². The molecule has 0 unspecified atom stereocenters. The molecule has 186 valence electrons. The monoisotopic (exact) mass is 528 g/mol. The van der Waals surface area contributed by atoms with Gasteiger partial charge in [-0.1, -0.05) is 41.4 Å². The maximum atomic E-state index is 12.4. The van der Waals surface area contributed by atoms with Gasteiger partial charge < -0.3 is 24.1 Å². The van der Waals surface area contributed by atoms with E-state index in [-0.39, 0.29) is 17.4 Å². The molecule has 0 radical (unpaired) electrons. The second-order valence-corrected chi connectivity index (χ2v) is 9.01. The van der Waals surface area contributed by atoms with E-state index in [4.69, 9.17) is 47.3 Å². The molecule has 8 nitrogen and oxygen atoms in total. The van der Waals surface area contributed by atoms with Gasteiger partial charge in [0.25, 0.3) is 0 Å². The Bertz CT molecular complexity index is 1390. The van der Waals surface area contributed by atoms with Crippen LogP contribution < -0.4 is 18.9 Å². The van der Waals surface area contributed by atoms with Gasteiger partial charge in [-0.15, -0.1) is 0 Å². The molecule has 36 heavy (non-hydrogen) atoms. The highest BCUT2D eigenvalue weighted by Crippen LogP contribution is 2.52. The van der Waals surface area contributed by atoms with Crippen LogP contribution in [0.5, 0.6) is 23.0 Å². The van der Waals surface area contributed by atoms with Crippen molar-refractivity contribution in [2.75, 3.05) is 21.3 Å². The fourth-order valence-corrected chi connectivity index (χ4v) is 4.97. The Labute approximate surface area is 217 Å². The summed E-state index contributed by atoms with van der Waals surface area (Å²) in [6.45, 7) is 0. The molecule has 2 aliphatic rings. The van der Waals surface area contributed by atoms with Crippen LogP contribution in [-0.2, 0) is 0 Å². The molecule has 2 atom stereocenters. The summed E-state index contributed by atoms with van der Waals surface area (Å²) in [5, 5.41) is 17.7. The van der Waals surface area contributed by atoms with Crippen LogP contribution in [0.25, 0.3) is 0 Å².